The second-order valence-electron chi connectivity index (χ2n) is 1.37. The maximum Gasteiger partial charge on any atom is 0.0634 e. The van der Waals surface area contributed by atoms with Crippen molar-refractivity contribution < 1.29 is 0 Å². The normalized spacial score (nSPS) is 9.25. The summed E-state index contributed by atoms with van der Waals surface area (Å²) in [6, 6.07) is 3.43. The molecule has 0 saturated carbocycles. The molecule has 0 aliphatic carbocycles. The van der Waals surface area contributed by atoms with Crippen LogP contribution in [-0.4, -0.2) is 4.98 Å². The highest BCUT2D eigenvalue weighted by molar-refractivity contribution is 6.31. The van der Waals surface area contributed by atoms with Crippen molar-refractivity contribution in [1.29, 1.82) is 0 Å². The van der Waals surface area contributed by atoms with Crippen LogP contribution < -0.4 is 0 Å². The Bertz CT molecular complexity index is 165. The van der Waals surface area contributed by atoms with Crippen molar-refractivity contribution in [2.75, 3.05) is 0 Å². The zero-order valence-corrected chi connectivity index (χ0v) is 4.89. The van der Waals surface area contributed by atoms with Gasteiger partial charge in [-0.1, -0.05) is 11.6 Å². The number of hydrogen-bond donors (Lipinski definition) is 0. The molecule has 1 aromatic rings. The average molecular weight is 126 g/mol. The monoisotopic (exact) mass is 125 g/mol. The Kier molecular flexibility index (Phi) is 1.49. The van der Waals surface area contributed by atoms with Crippen molar-refractivity contribution in [2.45, 2.75) is 0 Å². The van der Waals surface area contributed by atoms with Gasteiger partial charge in [0.15, 0.2) is 0 Å². The third-order valence-corrected chi connectivity index (χ3v) is 1.11. The quantitative estimate of drug-likeness (QED) is 0.515. The van der Waals surface area contributed by atoms with E-state index < -0.39 is 0 Å². The molecule has 1 heterocycles. The summed E-state index contributed by atoms with van der Waals surface area (Å²) >= 11 is 5.52. The van der Waals surface area contributed by atoms with Crippen LogP contribution in [0.3, 0.4) is 0 Å². The van der Waals surface area contributed by atoms with E-state index in [4.69, 9.17) is 18.5 Å². The lowest BCUT2D eigenvalue weighted by Gasteiger charge is -1.89. The standard InChI is InChI=1S/C6H4ClN/c1-5-6(7)3-2-4-8-5/h1-4H. The lowest BCUT2D eigenvalue weighted by molar-refractivity contribution is 1.27. The third kappa shape index (κ3) is 0.984. The zero-order chi connectivity index (χ0) is 5.98. The van der Waals surface area contributed by atoms with Crippen molar-refractivity contribution in [3.05, 3.63) is 36.0 Å². The van der Waals surface area contributed by atoms with Crippen molar-refractivity contribution >= 4 is 11.6 Å². The van der Waals surface area contributed by atoms with E-state index in [1.807, 2.05) is 0 Å². The van der Waals surface area contributed by atoms with Crippen molar-refractivity contribution in [3.63, 3.8) is 0 Å². The van der Waals surface area contributed by atoms with Gasteiger partial charge in [-0.05, 0) is 12.1 Å². The Labute approximate surface area is 53.3 Å². The molecular weight excluding hydrogens is 122 g/mol. The molecule has 1 nitrogen and oxygen atoms in total. The van der Waals surface area contributed by atoms with E-state index >= 15 is 0 Å². The SMILES string of the molecule is [CH]c1ncccc1Cl. The third-order valence-electron chi connectivity index (χ3n) is 0.787. The van der Waals surface area contributed by atoms with Gasteiger partial charge >= 0.3 is 0 Å². The maximum atomic E-state index is 5.52. The fraction of sp³-hybridized carbons (Fsp3) is 0. The summed E-state index contributed by atoms with van der Waals surface area (Å²) in [5.74, 6) is 0. The van der Waals surface area contributed by atoms with Crippen LogP contribution in [0.15, 0.2) is 18.3 Å². The Morgan fingerprint density at radius 2 is 2.38 bits per heavy atom. The van der Waals surface area contributed by atoms with Gasteiger partial charge in [-0.2, -0.15) is 0 Å². The molecule has 8 heavy (non-hydrogen) atoms. The van der Waals surface area contributed by atoms with Crippen LogP contribution in [0.5, 0.6) is 0 Å². The van der Waals surface area contributed by atoms with Gasteiger partial charge in [0.2, 0.25) is 0 Å². The minimum atomic E-state index is 0.383. The first kappa shape index (κ1) is 5.57. The van der Waals surface area contributed by atoms with Gasteiger partial charge in [0.1, 0.15) is 0 Å². The second kappa shape index (κ2) is 2.14. The van der Waals surface area contributed by atoms with Crippen LogP contribution in [0.25, 0.3) is 0 Å². The first-order chi connectivity index (χ1) is 3.80. The van der Waals surface area contributed by atoms with E-state index in [2.05, 4.69) is 4.98 Å². The topological polar surface area (TPSA) is 12.9 Å². The molecule has 0 saturated heterocycles. The molecule has 1 aromatic heterocycles. The predicted octanol–water partition coefficient (Wildman–Crippen LogP) is 1.79. The summed E-state index contributed by atoms with van der Waals surface area (Å²) in [6.45, 7) is 5.28. The van der Waals surface area contributed by atoms with Crippen molar-refractivity contribution in [1.82, 2.24) is 4.98 Å². The van der Waals surface area contributed by atoms with E-state index in [1.54, 1.807) is 18.3 Å². The van der Waals surface area contributed by atoms with Crippen LogP contribution in [0.2, 0.25) is 5.02 Å². The van der Waals surface area contributed by atoms with Crippen LogP contribution in [0.4, 0.5) is 0 Å². The fourth-order valence-electron chi connectivity index (χ4n) is 0.398. The van der Waals surface area contributed by atoms with Crippen LogP contribution in [0, 0.1) is 6.92 Å². The zero-order valence-electron chi connectivity index (χ0n) is 4.13. The lowest BCUT2D eigenvalue weighted by Crippen LogP contribution is -1.77. The summed E-state index contributed by atoms with van der Waals surface area (Å²) in [5, 5.41) is 0.507. The number of nitrogens with zero attached hydrogens (tertiary/aromatic N) is 1. The minimum Gasteiger partial charge on any atom is -0.259 e. The molecule has 2 radical (unpaired) electrons. The van der Waals surface area contributed by atoms with Gasteiger partial charge in [0.25, 0.3) is 0 Å². The largest absolute Gasteiger partial charge is 0.259 e. The summed E-state index contributed by atoms with van der Waals surface area (Å²) < 4.78 is 0. The summed E-state index contributed by atoms with van der Waals surface area (Å²) in [5.41, 5.74) is 0.383. The Balaban J connectivity index is 3.13. The predicted molar refractivity (Wildman–Crippen MR) is 32.6 cm³/mol. The van der Waals surface area contributed by atoms with Crippen LogP contribution in [-0.2, 0) is 0 Å². The lowest BCUT2D eigenvalue weighted by atomic mass is 10.4. The van der Waals surface area contributed by atoms with Gasteiger partial charge in [0, 0.05) is 13.1 Å². The Morgan fingerprint density at radius 3 is 2.75 bits per heavy atom. The number of pyridine rings is 1. The Hall–Kier alpha value is -0.560. The average Bonchev–Trinajstić information content (AvgIpc) is 1.77. The molecule has 0 atom stereocenters. The first-order valence-corrected chi connectivity index (χ1v) is 2.54. The number of aromatic nitrogens is 1. The molecule has 1 rings (SSSR count). The summed E-state index contributed by atoms with van der Waals surface area (Å²) in [6.07, 6.45) is 1.60. The molecule has 0 spiro atoms. The molecule has 0 aliphatic rings. The van der Waals surface area contributed by atoms with Gasteiger partial charge < -0.3 is 0 Å². The molecule has 0 aromatic carbocycles. The molecule has 0 unspecified atom stereocenters. The van der Waals surface area contributed by atoms with Crippen LogP contribution >= 0.6 is 11.6 Å². The first-order valence-electron chi connectivity index (χ1n) is 2.16. The second-order valence-corrected chi connectivity index (χ2v) is 1.78. The van der Waals surface area contributed by atoms with E-state index in [1.165, 1.54) is 0 Å². The molecule has 0 aliphatic heterocycles. The highest BCUT2D eigenvalue weighted by Crippen LogP contribution is 2.08. The van der Waals surface area contributed by atoms with E-state index in [0.717, 1.165) is 0 Å². The molecule has 0 amide bonds. The maximum absolute atomic E-state index is 5.52. The number of rotatable bonds is 0. The van der Waals surface area contributed by atoms with Gasteiger partial charge in [-0.3, -0.25) is 4.98 Å². The van der Waals surface area contributed by atoms with Gasteiger partial charge in [-0.15, -0.1) is 0 Å². The summed E-state index contributed by atoms with van der Waals surface area (Å²) in [7, 11) is 0. The molecule has 40 valence electrons. The number of halogens is 1. The van der Waals surface area contributed by atoms with E-state index in [0.29, 0.717) is 10.7 Å². The summed E-state index contributed by atoms with van der Waals surface area (Å²) in [4.78, 5) is 3.72. The Morgan fingerprint density at radius 1 is 1.62 bits per heavy atom. The van der Waals surface area contributed by atoms with Gasteiger partial charge in [0.05, 0.1) is 10.7 Å². The van der Waals surface area contributed by atoms with Crippen molar-refractivity contribution in [3.8, 4) is 0 Å². The van der Waals surface area contributed by atoms with Crippen LogP contribution in [0.1, 0.15) is 5.69 Å². The highest BCUT2D eigenvalue weighted by atomic mass is 35.5. The van der Waals surface area contributed by atoms with E-state index in [9.17, 15) is 0 Å². The van der Waals surface area contributed by atoms with Gasteiger partial charge in [-0.25, -0.2) is 0 Å². The fourth-order valence-corrected chi connectivity index (χ4v) is 0.519. The van der Waals surface area contributed by atoms with E-state index in [-0.39, 0.29) is 0 Å². The molecular formula is C6H4ClN. The minimum absolute atomic E-state index is 0.383. The van der Waals surface area contributed by atoms with Crippen molar-refractivity contribution in [2.24, 2.45) is 0 Å². The highest BCUT2D eigenvalue weighted by Gasteiger charge is 1.88. The smallest absolute Gasteiger partial charge is 0.0634 e. The number of hydrogen-bond acceptors (Lipinski definition) is 1. The molecule has 0 N–H and O–H groups in total. The molecule has 0 bridgehead atoms. The molecule has 2 heteroatoms. The molecule has 0 fully saturated rings.